The molecule has 0 spiro atoms. The molecule has 1 unspecified atom stereocenters. The number of rotatable bonds is 3. The number of thioether (sulfide) groups is 1. The molecular formula is C12H13F3N2S2. The summed E-state index contributed by atoms with van der Waals surface area (Å²) in [6, 6.07) is 4.22. The molecule has 7 heteroatoms. The van der Waals surface area contributed by atoms with E-state index in [4.69, 9.17) is 5.73 Å². The number of nitrogens with one attached hydrogen (secondary N) is 1. The summed E-state index contributed by atoms with van der Waals surface area (Å²) in [4.78, 5) is -0.240. The zero-order valence-corrected chi connectivity index (χ0v) is 11.6. The van der Waals surface area contributed by atoms with Gasteiger partial charge in [0.1, 0.15) is 4.99 Å². The van der Waals surface area contributed by atoms with Crippen molar-refractivity contribution in [3.63, 3.8) is 0 Å². The number of nitrogens with two attached hydrogens (primary N) is 1. The molecule has 2 nitrogen and oxygen atoms in total. The third kappa shape index (κ3) is 3.54. The lowest BCUT2D eigenvalue weighted by Gasteiger charge is -2.17. The molecule has 19 heavy (non-hydrogen) atoms. The molecule has 1 fully saturated rings. The Balaban J connectivity index is 2.29. The Bertz CT molecular complexity index is 482. The Labute approximate surface area is 118 Å². The smallest absolute Gasteiger partial charge is 0.389 e. The van der Waals surface area contributed by atoms with Crippen LogP contribution < -0.4 is 11.1 Å². The van der Waals surface area contributed by atoms with E-state index in [0.29, 0.717) is 5.69 Å². The molecule has 0 saturated carbocycles. The molecule has 1 aliphatic heterocycles. The van der Waals surface area contributed by atoms with Crippen LogP contribution in [0.3, 0.4) is 0 Å². The molecule has 1 saturated heterocycles. The number of alkyl halides is 3. The van der Waals surface area contributed by atoms with E-state index >= 15 is 0 Å². The Morgan fingerprint density at radius 2 is 2.16 bits per heavy atom. The summed E-state index contributed by atoms with van der Waals surface area (Å²) in [5, 5.41) is 3.11. The van der Waals surface area contributed by atoms with Crippen LogP contribution in [0.25, 0.3) is 0 Å². The van der Waals surface area contributed by atoms with Crippen molar-refractivity contribution >= 4 is 34.7 Å². The average Bonchev–Trinajstić information content (AvgIpc) is 2.80. The fourth-order valence-electron chi connectivity index (χ4n) is 1.97. The fraction of sp³-hybridized carbons (Fsp3) is 0.417. The fourth-order valence-corrected chi connectivity index (χ4v) is 3.30. The van der Waals surface area contributed by atoms with Gasteiger partial charge in [-0.25, -0.2) is 0 Å². The van der Waals surface area contributed by atoms with Gasteiger partial charge in [-0.15, -0.1) is 0 Å². The lowest BCUT2D eigenvalue weighted by molar-refractivity contribution is -0.137. The van der Waals surface area contributed by atoms with E-state index in [1.54, 1.807) is 17.8 Å². The number of benzene rings is 1. The lowest BCUT2D eigenvalue weighted by atomic mass is 10.1. The molecule has 1 aromatic carbocycles. The predicted octanol–water partition coefficient (Wildman–Crippen LogP) is 3.26. The van der Waals surface area contributed by atoms with E-state index < -0.39 is 11.7 Å². The monoisotopic (exact) mass is 306 g/mol. The lowest BCUT2D eigenvalue weighted by Crippen LogP contribution is -2.21. The molecule has 1 aromatic rings. The summed E-state index contributed by atoms with van der Waals surface area (Å²) < 4.78 is 38.9. The summed E-state index contributed by atoms with van der Waals surface area (Å²) in [6.07, 6.45) is -3.50. The van der Waals surface area contributed by atoms with Crippen molar-refractivity contribution < 1.29 is 13.2 Å². The highest BCUT2D eigenvalue weighted by molar-refractivity contribution is 7.99. The van der Waals surface area contributed by atoms with Crippen molar-refractivity contribution in [3.8, 4) is 0 Å². The van der Waals surface area contributed by atoms with Gasteiger partial charge in [-0.05, 0) is 30.4 Å². The molecule has 2 rings (SSSR count). The molecule has 3 N–H and O–H groups in total. The van der Waals surface area contributed by atoms with Gasteiger partial charge in [0, 0.05) is 23.0 Å². The van der Waals surface area contributed by atoms with Gasteiger partial charge in [0.15, 0.2) is 0 Å². The molecule has 104 valence electrons. The van der Waals surface area contributed by atoms with Crippen molar-refractivity contribution in [2.75, 3.05) is 16.8 Å². The van der Waals surface area contributed by atoms with Crippen molar-refractivity contribution in [1.82, 2.24) is 0 Å². The number of thiocarbonyl (C=S) groups is 1. The second-order valence-electron chi connectivity index (χ2n) is 4.33. The van der Waals surface area contributed by atoms with Crippen LogP contribution in [0.4, 0.5) is 18.9 Å². The summed E-state index contributed by atoms with van der Waals surface area (Å²) >= 11 is 6.45. The Morgan fingerprint density at radius 1 is 1.42 bits per heavy atom. The molecule has 0 radical (unpaired) electrons. The number of hydrogen-bond acceptors (Lipinski definition) is 3. The summed E-state index contributed by atoms with van der Waals surface area (Å²) in [5.41, 5.74) is 4.88. The molecule has 0 amide bonds. The van der Waals surface area contributed by atoms with Crippen LogP contribution in [0.5, 0.6) is 0 Å². The molecule has 0 bridgehead atoms. The van der Waals surface area contributed by atoms with E-state index in [2.05, 4.69) is 17.5 Å². The maximum absolute atomic E-state index is 13.0. The molecule has 0 aliphatic carbocycles. The summed E-state index contributed by atoms with van der Waals surface area (Å²) in [7, 11) is 0. The van der Waals surface area contributed by atoms with Crippen LogP contribution in [-0.2, 0) is 6.18 Å². The van der Waals surface area contributed by atoms with Gasteiger partial charge in [0.25, 0.3) is 0 Å². The standard InChI is InChI=1S/C12H13F3N2S2/c13-12(14,15)10-5-7(1-2-9(10)11(16)18)17-8-3-4-19-6-8/h1-2,5,8,17H,3-4,6H2,(H2,16,18). The summed E-state index contributed by atoms with van der Waals surface area (Å²) in [6.45, 7) is 0. The third-order valence-corrected chi connectivity index (χ3v) is 4.27. The number of hydrogen-bond donors (Lipinski definition) is 2. The molecule has 1 heterocycles. The highest BCUT2D eigenvalue weighted by Gasteiger charge is 2.34. The largest absolute Gasteiger partial charge is 0.417 e. The first-order valence-corrected chi connectivity index (χ1v) is 7.29. The molecular weight excluding hydrogens is 293 g/mol. The van der Waals surface area contributed by atoms with Crippen molar-refractivity contribution in [1.29, 1.82) is 0 Å². The zero-order valence-electron chi connectivity index (χ0n) is 9.96. The number of halogens is 3. The second-order valence-corrected chi connectivity index (χ2v) is 5.92. The van der Waals surface area contributed by atoms with Crippen LogP contribution in [-0.4, -0.2) is 22.5 Å². The van der Waals surface area contributed by atoms with Gasteiger partial charge in [0.2, 0.25) is 0 Å². The van der Waals surface area contributed by atoms with E-state index in [1.165, 1.54) is 6.07 Å². The van der Waals surface area contributed by atoms with Crippen LogP contribution in [0.15, 0.2) is 18.2 Å². The van der Waals surface area contributed by atoms with E-state index in [-0.39, 0.29) is 16.6 Å². The summed E-state index contributed by atoms with van der Waals surface area (Å²) in [5.74, 6) is 1.95. The topological polar surface area (TPSA) is 38.0 Å². The third-order valence-electron chi connectivity index (χ3n) is 2.89. The Hall–Kier alpha value is -0.950. The highest BCUT2D eigenvalue weighted by atomic mass is 32.2. The van der Waals surface area contributed by atoms with E-state index in [0.717, 1.165) is 24.0 Å². The first kappa shape index (κ1) is 14.5. The average molecular weight is 306 g/mol. The van der Waals surface area contributed by atoms with Crippen LogP contribution in [0.2, 0.25) is 0 Å². The van der Waals surface area contributed by atoms with Crippen molar-refractivity contribution in [3.05, 3.63) is 29.3 Å². The number of anilines is 1. The maximum Gasteiger partial charge on any atom is 0.417 e. The van der Waals surface area contributed by atoms with Crippen molar-refractivity contribution in [2.24, 2.45) is 5.73 Å². The van der Waals surface area contributed by atoms with Crippen LogP contribution >= 0.6 is 24.0 Å². The zero-order chi connectivity index (χ0) is 14.0. The van der Waals surface area contributed by atoms with Gasteiger partial charge >= 0.3 is 6.18 Å². The molecule has 1 aliphatic rings. The SMILES string of the molecule is NC(=S)c1ccc(NC2CCSC2)cc1C(F)(F)F. The van der Waals surface area contributed by atoms with Gasteiger partial charge in [-0.3, -0.25) is 0 Å². The van der Waals surface area contributed by atoms with Crippen LogP contribution in [0, 0.1) is 0 Å². The van der Waals surface area contributed by atoms with E-state index in [1.807, 2.05) is 0 Å². The minimum absolute atomic E-state index is 0.131. The van der Waals surface area contributed by atoms with Gasteiger partial charge in [0.05, 0.1) is 5.56 Å². The molecule has 1 atom stereocenters. The minimum Gasteiger partial charge on any atom is -0.389 e. The van der Waals surface area contributed by atoms with E-state index in [9.17, 15) is 13.2 Å². The normalized spacial score (nSPS) is 19.4. The first-order chi connectivity index (χ1) is 8.88. The predicted molar refractivity (Wildman–Crippen MR) is 76.7 cm³/mol. The van der Waals surface area contributed by atoms with Gasteiger partial charge < -0.3 is 11.1 Å². The van der Waals surface area contributed by atoms with Gasteiger partial charge in [-0.2, -0.15) is 24.9 Å². The second kappa shape index (κ2) is 5.58. The maximum atomic E-state index is 13.0. The Morgan fingerprint density at radius 3 is 2.68 bits per heavy atom. The molecule has 0 aromatic heterocycles. The highest BCUT2D eigenvalue weighted by Crippen LogP contribution is 2.34. The van der Waals surface area contributed by atoms with Crippen LogP contribution in [0.1, 0.15) is 17.5 Å². The van der Waals surface area contributed by atoms with Gasteiger partial charge in [-0.1, -0.05) is 12.2 Å². The van der Waals surface area contributed by atoms with Crippen molar-refractivity contribution in [2.45, 2.75) is 18.6 Å². The quantitative estimate of drug-likeness (QED) is 0.841. The Kier molecular flexibility index (Phi) is 4.25. The minimum atomic E-state index is -4.46. The first-order valence-electron chi connectivity index (χ1n) is 5.73.